The van der Waals surface area contributed by atoms with Gasteiger partial charge in [-0.1, -0.05) is 18.2 Å². The van der Waals surface area contributed by atoms with Gasteiger partial charge in [0.25, 0.3) is 5.91 Å². The molecule has 0 saturated carbocycles. The van der Waals surface area contributed by atoms with Gasteiger partial charge in [0.15, 0.2) is 0 Å². The Morgan fingerprint density at radius 2 is 2.14 bits per heavy atom. The number of nitrogens with zero attached hydrogens (tertiary/aromatic N) is 4. The molecule has 2 heterocycles. The summed E-state index contributed by atoms with van der Waals surface area (Å²) >= 11 is 1.13. The molecule has 140 valence electrons. The number of nitriles is 1. The summed E-state index contributed by atoms with van der Waals surface area (Å²) < 4.78 is 0. The van der Waals surface area contributed by atoms with E-state index in [2.05, 4.69) is 15.3 Å². The smallest absolute Gasteiger partial charge is 0.282 e. The largest absolute Gasteiger partial charge is 0.369 e. The number of thiophene rings is 1. The van der Waals surface area contributed by atoms with E-state index < -0.39 is 5.91 Å². The van der Waals surface area contributed by atoms with Crippen LogP contribution in [0.5, 0.6) is 0 Å². The standard InChI is InChI=1S/C20H17N5O2S/c1-25(2)12-23-19(27)18-14(10-21)11-28-20(18)24-17(26)9-13-5-3-7-16-15(13)6-4-8-22-16/h3-8,11-12H,9H2,1-2H3,(H,24,26)/b23-12-. The van der Waals surface area contributed by atoms with E-state index in [4.69, 9.17) is 0 Å². The van der Waals surface area contributed by atoms with Gasteiger partial charge in [0.1, 0.15) is 11.1 Å². The predicted octanol–water partition coefficient (Wildman–Crippen LogP) is 3.08. The Kier molecular flexibility index (Phi) is 5.77. The van der Waals surface area contributed by atoms with Gasteiger partial charge in [-0.15, -0.1) is 11.3 Å². The molecule has 0 aliphatic rings. The van der Waals surface area contributed by atoms with Gasteiger partial charge in [0.05, 0.1) is 29.4 Å². The SMILES string of the molecule is CN(C)/C=N\C(=O)c1c(C#N)csc1NC(=O)Cc1cccc2ncccc12. The number of carbonyl (C=O) groups is 2. The Hall–Kier alpha value is -3.57. The van der Waals surface area contributed by atoms with Crippen LogP contribution in [-0.2, 0) is 11.2 Å². The zero-order valence-electron chi connectivity index (χ0n) is 15.3. The molecule has 0 bridgehead atoms. The lowest BCUT2D eigenvalue weighted by Crippen LogP contribution is -2.16. The van der Waals surface area contributed by atoms with Crippen molar-refractivity contribution in [2.75, 3.05) is 19.4 Å². The molecule has 0 saturated heterocycles. The van der Waals surface area contributed by atoms with E-state index in [1.807, 2.05) is 36.4 Å². The van der Waals surface area contributed by atoms with Crippen LogP contribution in [0.1, 0.15) is 21.5 Å². The second-order valence-corrected chi connectivity index (χ2v) is 7.07. The molecule has 0 atom stereocenters. The summed E-state index contributed by atoms with van der Waals surface area (Å²) in [6, 6.07) is 11.3. The van der Waals surface area contributed by atoms with Crippen LogP contribution in [0.25, 0.3) is 10.9 Å². The number of aliphatic imine (C=N–C) groups is 1. The van der Waals surface area contributed by atoms with E-state index in [0.717, 1.165) is 27.8 Å². The lowest BCUT2D eigenvalue weighted by atomic mass is 10.1. The number of hydrogen-bond donors (Lipinski definition) is 1. The summed E-state index contributed by atoms with van der Waals surface area (Å²) in [5.74, 6) is -0.857. The molecule has 1 aromatic carbocycles. The highest BCUT2D eigenvalue weighted by molar-refractivity contribution is 7.15. The highest BCUT2D eigenvalue weighted by Gasteiger charge is 2.20. The number of carbonyl (C=O) groups excluding carboxylic acids is 2. The first-order chi connectivity index (χ1) is 13.5. The average molecular weight is 391 g/mol. The first-order valence-corrected chi connectivity index (χ1v) is 9.26. The molecule has 0 radical (unpaired) electrons. The van der Waals surface area contributed by atoms with Crippen LogP contribution in [0.2, 0.25) is 0 Å². The summed E-state index contributed by atoms with van der Waals surface area (Å²) in [5.41, 5.74) is 1.94. The first kappa shape index (κ1) is 19.2. The molecule has 3 rings (SSSR count). The Labute approximate surface area is 166 Å². The van der Waals surface area contributed by atoms with E-state index in [-0.39, 0.29) is 23.5 Å². The van der Waals surface area contributed by atoms with E-state index in [0.29, 0.717) is 5.00 Å². The molecule has 1 N–H and O–H groups in total. The predicted molar refractivity (Wildman–Crippen MR) is 110 cm³/mol. The van der Waals surface area contributed by atoms with Crippen LogP contribution < -0.4 is 5.32 Å². The minimum absolute atomic E-state index is 0.110. The topological polar surface area (TPSA) is 98.5 Å². The zero-order chi connectivity index (χ0) is 20.1. The van der Waals surface area contributed by atoms with E-state index in [9.17, 15) is 14.9 Å². The fourth-order valence-electron chi connectivity index (χ4n) is 2.64. The summed E-state index contributed by atoms with van der Waals surface area (Å²) in [5, 5.41) is 14.8. The minimum Gasteiger partial charge on any atom is -0.369 e. The van der Waals surface area contributed by atoms with Gasteiger partial charge in [-0.05, 0) is 17.7 Å². The van der Waals surface area contributed by atoms with Crippen molar-refractivity contribution in [3.8, 4) is 6.07 Å². The third-order valence-corrected chi connectivity index (χ3v) is 4.77. The van der Waals surface area contributed by atoms with Gasteiger partial charge in [-0.3, -0.25) is 14.6 Å². The Morgan fingerprint density at radius 1 is 1.32 bits per heavy atom. The number of aromatic nitrogens is 1. The van der Waals surface area contributed by atoms with Crippen molar-refractivity contribution in [2.24, 2.45) is 4.99 Å². The first-order valence-electron chi connectivity index (χ1n) is 8.38. The summed E-state index contributed by atoms with van der Waals surface area (Å²) in [6.07, 6.45) is 3.18. The van der Waals surface area contributed by atoms with Gasteiger partial charge >= 0.3 is 0 Å². The molecule has 2 aromatic heterocycles. The van der Waals surface area contributed by atoms with Crippen molar-refractivity contribution in [2.45, 2.75) is 6.42 Å². The number of pyridine rings is 1. The Balaban J connectivity index is 1.84. The number of rotatable bonds is 5. The highest BCUT2D eigenvalue weighted by Crippen LogP contribution is 2.29. The number of anilines is 1. The van der Waals surface area contributed by atoms with Crippen molar-refractivity contribution in [3.63, 3.8) is 0 Å². The van der Waals surface area contributed by atoms with E-state index in [1.165, 1.54) is 11.7 Å². The average Bonchev–Trinajstić information content (AvgIpc) is 3.09. The van der Waals surface area contributed by atoms with Crippen molar-refractivity contribution in [3.05, 3.63) is 58.6 Å². The maximum atomic E-state index is 12.6. The second kappa shape index (κ2) is 8.41. The fraction of sp³-hybridized carbons (Fsp3) is 0.150. The second-order valence-electron chi connectivity index (χ2n) is 6.19. The van der Waals surface area contributed by atoms with Crippen LogP contribution in [-0.4, -0.2) is 42.1 Å². The van der Waals surface area contributed by atoms with Crippen LogP contribution in [0.15, 0.2) is 46.9 Å². The fourth-order valence-corrected chi connectivity index (χ4v) is 3.54. The molecule has 0 spiro atoms. The van der Waals surface area contributed by atoms with Gasteiger partial charge in [0.2, 0.25) is 5.91 Å². The van der Waals surface area contributed by atoms with Crippen molar-refractivity contribution in [1.82, 2.24) is 9.88 Å². The zero-order valence-corrected chi connectivity index (χ0v) is 16.2. The van der Waals surface area contributed by atoms with Crippen LogP contribution >= 0.6 is 11.3 Å². The van der Waals surface area contributed by atoms with Gasteiger partial charge < -0.3 is 10.2 Å². The lowest BCUT2D eigenvalue weighted by molar-refractivity contribution is -0.115. The van der Waals surface area contributed by atoms with Gasteiger partial charge in [-0.25, -0.2) is 0 Å². The summed E-state index contributed by atoms with van der Waals surface area (Å²) in [6.45, 7) is 0. The number of fused-ring (bicyclic) bond motifs is 1. The maximum absolute atomic E-state index is 12.6. The number of nitrogens with one attached hydrogen (secondary N) is 1. The molecule has 0 fully saturated rings. The van der Waals surface area contributed by atoms with Crippen molar-refractivity contribution >= 4 is 45.4 Å². The quantitative estimate of drug-likeness (QED) is 0.532. The minimum atomic E-state index is -0.573. The number of hydrogen-bond acceptors (Lipinski definition) is 5. The summed E-state index contributed by atoms with van der Waals surface area (Å²) in [4.78, 5) is 34.7. The Bertz CT molecular complexity index is 1110. The number of benzene rings is 1. The lowest BCUT2D eigenvalue weighted by Gasteiger charge is -2.08. The molecular weight excluding hydrogens is 374 g/mol. The highest BCUT2D eigenvalue weighted by atomic mass is 32.1. The third-order valence-electron chi connectivity index (χ3n) is 3.87. The summed E-state index contributed by atoms with van der Waals surface area (Å²) in [7, 11) is 3.47. The van der Waals surface area contributed by atoms with Gasteiger partial charge in [0, 0.05) is 31.1 Å². The maximum Gasteiger partial charge on any atom is 0.282 e. The van der Waals surface area contributed by atoms with E-state index in [1.54, 1.807) is 25.2 Å². The number of amides is 2. The monoisotopic (exact) mass is 391 g/mol. The molecule has 8 heteroatoms. The van der Waals surface area contributed by atoms with Gasteiger partial charge in [-0.2, -0.15) is 10.3 Å². The Morgan fingerprint density at radius 3 is 2.89 bits per heavy atom. The molecule has 0 aliphatic heterocycles. The molecule has 2 amide bonds. The van der Waals surface area contributed by atoms with Crippen LogP contribution in [0.4, 0.5) is 5.00 Å². The van der Waals surface area contributed by atoms with Crippen LogP contribution in [0.3, 0.4) is 0 Å². The molecule has 7 nitrogen and oxygen atoms in total. The molecular formula is C20H17N5O2S. The normalized spacial score (nSPS) is 10.8. The van der Waals surface area contributed by atoms with Crippen molar-refractivity contribution in [1.29, 1.82) is 5.26 Å². The molecule has 28 heavy (non-hydrogen) atoms. The molecule has 0 aliphatic carbocycles. The third kappa shape index (κ3) is 4.22. The van der Waals surface area contributed by atoms with Crippen molar-refractivity contribution < 1.29 is 9.59 Å². The molecule has 0 unspecified atom stereocenters. The van der Waals surface area contributed by atoms with Crippen LogP contribution in [0, 0.1) is 11.3 Å². The van der Waals surface area contributed by atoms with E-state index >= 15 is 0 Å². The molecule has 3 aromatic rings.